The van der Waals surface area contributed by atoms with E-state index in [1.165, 1.54) is 4.40 Å². The summed E-state index contributed by atoms with van der Waals surface area (Å²) in [5, 5.41) is -0.0241. The van der Waals surface area contributed by atoms with E-state index >= 15 is 0 Å². The van der Waals surface area contributed by atoms with Gasteiger partial charge in [0.15, 0.2) is 10.8 Å². The Labute approximate surface area is 123 Å². The zero-order valence-corrected chi connectivity index (χ0v) is 12.7. The number of rotatable bonds is 7. The van der Waals surface area contributed by atoms with Crippen LogP contribution in [0.15, 0.2) is 29.4 Å². The van der Waals surface area contributed by atoms with E-state index in [-0.39, 0.29) is 23.5 Å². The fraction of sp³-hybridized carbons (Fsp3) is 0.417. The molecule has 0 aliphatic heterocycles. The third kappa shape index (κ3) is 3.32. The van der Waals surface area contributed by atoms with Crippen molar-refractivity contribution in [3.8, 4) is 0 Å². The van der Waals surface area contributed by atoms with E-state index < -0.39 is 10.0 Å². The van der Waals surface area contributed by atoms with Gasteiger partial charge in [-0.25, -0.2) is 24.0 Å². The zero-order chi connectivity index (χ0) is 15.5. The Balaban J connectivity index is 2.39. The number of ether oxygens (including phenoxy) is 1. The molecule has 0 radical (unpaired) electrons. The van der Waals surface area contributed by atoms with E-state index in [9.17, 15) is 8.42 Å². The topological polar surface area (TPSA) is 111 Å². The van der Waals surface area contributed by atoms with Gasteiger partial charge in [0.25, 0.3) is 10.0 Å². The van der Waals surface area contributed by atoms with Gasteiger partial charge in [0.2, 0.25) is 0 Å². The van der Waals surface area contributed by atoms with Crippen LogP contribution in [0.25, 0.3) is 5.65 Å². The lowest BCUT2D eigenvalue weighted by molar-refractivity contribution is 0.133. The molecule has 8 nitrogen and oxygen atoms in total. The molecule has 0 fully saturated rings. The highest BCUT2D eigenvalue weighted by molar-refractivity contribution is 7.89. The number of hydrazine groups is 1. The van der Waals surface area contributed by atoms with Gasteiger partial charge in [0.1, 0.15) is 5.65 Å². The van der Waals surface area contributed by atoms with Gasteiger partial charge in [-0.05, 0) is 26.0 Å². The highest BCUT2D eigenvalue weighted by Crippen LogP contribution is 2.21. The Morgan fingerprint density at radius 1 is 1.48 bits per heavy atom. The number of hydrogen-bond donors (Lipinski definition) is 3. The fourth-order valence-corrected chi connectivity index (χ4v) is 3.46. The van der Waals surface area contributed by atoms with Gasteiger partial charge >= 0.3 is 0 Å². The van der Waals surface area contributed by atoms with Gasteiger partial charge < -0.3 is 10.2 Å². The van der Waals surface area contributed by atoms with E-state index in [4.69, 9.17) is 10.6 Å². The summed E-state index contributed by atoms with van der Waals surface area (Å²) < 4.78 is 34.3. The molecule has 1 unspecified atom stereocenters. The van der Waals surface area contributed by atoms with Crippen molar-refractivity contribution in [2.75, 3.05) is 18.6 Å². The van der Waals surface area contributed by atoms with Crippen LogP contribution in [0, 0.1) is 0 Å². The van der Waals surface area contributed by atoms with Gasteiger partial charge in [-0.2, -0.15) is 0 Å². The Morgan fingerprint density at radius 3 is 2.90 bits per heavy atom. The van der Waals surface area contributed by atoms with Crippen molar-refractivity contribution >= 4 is 21.5 Å². The van der Waals surface area contributed by atoms with Crippen molar-refractivity contribution < 1.29 is 13.2 Å². The number of hydrogen-bond acceptors (Lipinski definition) is 6. The number of nitrogens with one attached hydrogen (secondary N) is 2. The van der Waals surface area contributed by atoms with Crippen molar-refractivity contribution in [2.45, 2.75) is 24.9 Å². The zero-order valence-electron chi connectivity index (χ0n) is 11.9. The monoisotopic (exact) mass is 313 g/mol. The maximum Gasteiger partial charge on any atom is 0.260 e. The molecule has 0 saturated carbocycles. The maximum atomic E-state index is 12.5. The number of anilines is 1. The number of aromatic nitrogens is 2. The summed E-state index contributed by atoms with van der Waals surface area (Å²) in [6.07, 6.45) is 1.62. The summed E-state index contributed by atoms with van der Waals surface area (Å²) in [6.45, 7) is 4.39. The Hall–Kier alpha value is -1.68. The molecule has 0 aromatic carbocycles. The lowest BCUT2D eigenvalue weighted by Gasteiger charge is -2.14. The standard InChI is InChI=1S/C12H19N5O3S/c1-3-20-8-9(2)16-21(18,19)12-11(15-13)14-10-6-4-5-7-17(10)12/h4-7,9,15-16H,3,8,13H2,1-2H3. The third-order valence-corrected chi connectivity index (χ3v) is 4.42. The Kier molecular flexibility index (Phi) is 4.78. The number of nitrogens with two attached hydrogens (primary N) is 1. The van der Waals surface area contributed by atoms with Gasteiger partial charge in [-0.15, -0.1) is 0 Å². The van der Waals surface area contributed by atoms with Crippen LogP contribution < -0.4 is 16.0 Å². The smallest absolute Gasteiger partial charge is 0.260 e. The number of sulfonamides is 1. The minimum absolute atomic E-state index is 0.0241. The molecule has 116 valence electrons. The fourth-order valence-electron chi connectivity index (χ4n) is 1.97. The first-order valence-electron chi connectivity index (χ1n) is 6.53. The molecule has 2 rings (SSSR count). The number of imidazole rings is 1. The first-order chi connectivity index (χ1) is 9.99. The van der Waals surface area contributed by atoms with Gasteiger partial charge in [0.05, 0.1) is 6.61 Å². The highest BCUT2D eigenvalue weighted by Gasteiger charge is 2.26. The molecule has 0 amide bonds. The van der Waals surface area contributed by atoms with E-state index in [1.807, 2.05) is 6.92 Å². The third-order valence-electron chi connectivity index (χ3n) is 2.81. The average Bonchev–Trinajstić information content (AvgIpc) is 2.83. The number of pyridine rings is 1. The van der Waals surface area contributed by atoms with Crippen LogP contribution >= 0.6 is 0 Å². The van der Waals surface area contributed by atoms with Crippen LogP contribution in [0.2, 0.25) is 0 Å². The molecule has 2 aromatic rings. The van der Waals surface area contributed by atoms with E-state index in [0.717, 1.165) is 0 Å². The second-order valence-electron chi connectivity index (χ2n) is 4.52. The molecule has 0 spiro atoms. The van der Waals surface area contributed by atoms with Crippen LogP contribution in [0.1, 0.15) is 13.8 Å². The second-order valence-corrected chi connectivity index (χ2v) is 6.15. The molecule has 4 N–H and O–H groups in total. The first kappa shape index (κ1) is 15.7. The Morgan fingerprint density at radius 2 is 2.24 bits per heavy atom. The molecule has 2 aromatic heterocycles. The predicted molar refractivity (Wildman–Crippen MR) is 79.3 cm³/mol. The van der Waals surface area contributed by atoms with Crippen LogP contribution in [0.5, 0.6) is 0 Å². The molecule has 21 heavy (non-hydrogen) atoms. The van der Waals surface area contributed by atoms with Crippen LogP contribution in [-0.2, 0) is 14.8 Å². The lowest BCUT2D eigenvalue weighted by Crippen LogP contribution is -2.37. The molecule has 0 aliphatic carbocycles. The molecule has 2 heterocycles. The lowest BCUT2D eigenvalue weighted by atomic mass is 10.4. The minimum Gasteiger partial charge on any atom is -0.380 e. The summed E-state index contributed by atoms with van der Waals surface area (Å²) in [7, 11) is -3.79. The highest BCUT2D eigenvalue weighted by atomic mass is 32.2. The van der Waals surface area contributed by atoms with Crippen molar-refractivity contribution in [3.05, 3.63) is 24.4 Å². The summed E-state index contributed by atoms with van der Waals surface area (Å²) >= 11 is 0. The Bertz CT molecular complexity index is 713. The van der Waals surface area contributed by atoms with Crippen molar-refractivity contribution in [1.29, 1.82) is 0 Å². The minimum atomic E-state index is -3.79. The van der Waals surface area contributed by atoms with E-state index in [0.29, 0.717) is 12.3 Å². The van der Waals surface area contributed by atoms with Crippen molar-refractivity contribution in [1.82, 2.24) is 14.1 Å². The van der Waals surface area contributed by atoms with Gasteiger partial charge in [-0.3, -0.25) is 4.40 Å². The number of nitrogen functional groups attached to an aromatic ring is 1. The quantitative estimate of drug-likeness (QED) is 0.501. The maximum absolute atomic E-state index is 12.5. The predicted octanol–water partition coefficient (Wildman–Crippen LogP) is 0.323. The summed E-state index contributed by atoms with van der Waals surface area (Å²) in [6, 6.07) is 4.82. The molecule has 9 heteroatoms. The van der Waals surface area contributed by atoms with Gasteiger partial charge in [-0.1, -0.05) is 6.07 Å². The molecular formula is C12H19N5O3S. The normalized spacial score (nSPS) is 13.5. The average molecular weight is 313 g/mol. The van der Waals surface area contributed by atoms with E-state index in [2.05, 4.69) is 15.1 Å². The van der Waals surface area contributed by atoms with Gasteiger partial charge in [0, 0.05) is 18.8 Å². The largest absolute Gasteiger partial charge is 0.380 e. The molecule has 0 saturated heterocycles. The number of fused-ring (bicyclic) bond motifs is 1. The molecule has 0 aliphatic rings. The van der Waals surface area contributed by atoms with Crippen LogP contribution in [-0.4, -0.2) is 37.1 Å². The summed E-state index contributed by atoms with van der Waals surface area (Å²) in [5.74, 6) is 5.47. The molecule has 0 bridgehead atoms. The molecular weight excluding hydrogens is 294 g/mol. The second kappa shape index (κ2) is 6.39. The van der Waals surface area contributed by atoms with Crippen LogP contribution in [0.3, 0.4) is 0 Å². The van der Waals surface area contributed by atoms with Crippen molar-refractivity contribution in [3.63, 3.8) is 0 Å². The first-order valence-corrected chi connectivity index (χ1v) is 8.01. The van der Waals surface area contributed by atoms with Crippen LogP contribution in [0.4, 0.5) is 5.82 Å². The van der Waals surface area contributed by atoms with Crippen molar-refractivity contribution in [2.24, 2.45) is 5.84 Å². The van der Waals surface area contributed by atoms with E-state index in [1.54, 1.807) is 31.3 Å². The SMILES string of the molecule is CCOCC(C)NS(=O)(=O)c1c(NN)nc2ccccn12. The summed E-state index contributed by atoms with van der Waals surface area (Å²) in [4.78, 5) is 4.14. The summed E-state index contributed by atoms with van der Waals surface area (Å²) in [5.41, 5.74) is 2.81. The molecule has 1 atom stereocenters. The number of nitrogens with zero attached hydrogens (tertiary/aromatic N) is 2.